The van der Waals surface area contributed by atoms with Crippen LogP contribution in [0, 0.1) is 13.8 Å². The number of rotatable bonds is 5. The number of para-hydroxylation sites is 1. The second kappa shape index (κ2) is 8.92. The molecule has 0 atom stereocenters. The van der Waals surface area contributed by atoms with E-state index in [4.69, 9.17) is 21.4 Å². The van der Waals surface area contributed by atoms with E-state index in [-0.39, 0.29) is 29.5 Å². The van der Waals surface area contributed by atoms with Crippen LogP contribution in [0.15, 0.2) is 75.1 Å². The number of carbonyl (C=O) groups excluding carboxylic acids is 1. The highest BCUT2D eigenvalue weighted by molar-refractivity contribution is 8.26. The van der Waals surface area contributed by atoms with Crippen LogP contribution in [-0.2, 0) is 11.3 Å². The molecule has 0 N–H and O–H groups in total. The molecule has 9 heteroatoms. The van der Waals surface area contributed by atoms with E-state index in [2.05, 4.69) is 4.98 Å². The van der Waals surface area contributed by atoms with E-state index in [0.29, 0.717) is 26.4 Å². The number of hydrogen-bond acceptors (Lipinski definition) is 7. The van der Waals surface area contributed by atoms with E-state index < -0.39 is 0 Å². The molecule has 1 aliphatic heterocycles. The summed E-state index contributed by atoms with van der Waals surface area (Å²) in [4.78, 5) is 33.1. The van der Waals surface area contributed by atoms with Gasteiger partial charge in [0.2, 0.25) is 5.88 Å². The van der Waals surface area contributed by atoms with Crippen molar-refractivity contribution in [3.8, 4) is 11.6 Å². The summed E-state index contributed by atoms with van der Waals surface area (Å²) in [6, 6.07) is 14.6. The molecule has 0 aliphatic carbocycles. The molecular weight excluding hydrogens is 470 g/mol. The van der Waals surface area contributed by atoms with Crippen molar-refractivity contribution in [2.75, 3.05) is 0 Å². The Morgan fingerprint density at radius 2 is 1.88 bits per heavy atom. The Bertz CT molecular complexity index is 1520. The van der Waals surface area contributed by atoms with Gasteiger partial charge in [-0.05, 0) is 55.3 Å². The highest BCUT2D eigenvalue weighted by Gasteiger charge is 2.33. The standard InChI is InChI=1S/C25H19N3O4S2/c1-15-7-3-4-10-19(15)32-22-18(23(29)27-11-5-8-16(2)21(27)26-22)13-20-24(30)28(25(33)34-20)14-17-9-6-12-31-17/h3-13H,14H2,1-2H3/b20-13+. The van der Waals surface area contributed by atoms with Gasteiger partial charge in [0.05, 0.1) is 17.7 Å². The van der Waals surface area contributed by atoms with Gasteiger partial charge < -0.3 is 9.15 Å². The van der Waals surface area contributed by atoms with Crippen LogP contribution < -0.4 is 10.3 Å². The molecule has 3 aromatic heterocycles. The summed E-state index contributed by atoms with van der Waals surface area (Å²) in [7, 11) is 0. The van der Waals surface area contributed by atoms with Gasteiger partial charge in [-0.15, -0.1) is 0 Å². The van der Waals surface area contributed by atoms with Crippen molar-refractivity contribution >= 4 is 45.9 Å². The molecule has 0 unspecified atom stereocenters. The van der Waals surface area contributed by atoms with Crippen LogP contribution in [0.3, 0.4) is 0 Å². The molecule has 1 amide bonds. The van der Waals surface area contributed by atoms with E-state index in [1.54, 1.807) is 30.7 Å². The first-order chi connectivity index (χ1) is 16.4. The Hall–Kier alpha value is -3.69. The van der Waals surface area contributed by atoms with Crippen molar-refractivity contribution in [1.29, 1.82) is 0 Å². The number of furan rings is 1. The number of amides is 1. The third-order valence-corrected chi connectivity index (χ3v) is 6.77. The Morgan fingerprint density at radius 3 is 2.65 bits per heavy atom. The zero-order chi connectivity index (χ0) is 23.8. The molecule has 4 heterocycles. The number of carbonyl (C=O) groups is 1. The lowest BCUT2D eigenvalue weighted by Gasteiger charge is -2.13. The maximum absolute atomic E-state index is 13.5. The first-order valence-corrected chi connectivity index (χ1v) is 11.7. The summed E-state index contributed by atoms with van der Waals surface area (Å²) in [5, 5.41) is 0. The van der Waals surface area contributed by atoms with E-state index in [1.165, 1.54) is 15.4 Å². The second-order valence-electron chi connectivity index (χ2n) is 7.74. The average Bonchev–Trinajstić information content (AvgIpc) is 3.42. The maximum Gasteiger partial charge on any atom is 0.269 e. The van der Waals surface area contributed by atoms with Crippen molar-refractivity contribution in [2.45, 2.75) is 20.4 Å². The molecule has 1 fully saturated rings. The van der Waals surface area contributed by atoms with Gasteiger partial charge in [0.1, 0.15) is 27.0 Å². The van der Waals surface area contributed by atoms with E-state index in [1.807, 2.05) is 44.2 Å². The Labute approximate surface area is 204 Å². The fraction of sp³-hybridized carbons (Fsp3) is 0.120. The molecule has 1 aromatic carbocycles. The Balaban J connectivity index is 1.62. The Kier molecular flexibility index (Phi) is 5.80. The third kappa shape index (κ3) is 4.04. The highest BCUT2D eigenvalue weighted by atomic mass is 32.2. The van der Waals surface area contributed by atoms with Gasteiger partial charge in [0.25, 0.3) is 11.5 Å². The van der Waals surface area contributed by atoms with Crippen molar-refractivity contribution in [3.05, 3.63) is 98.7 Å². The maximum atomic E-state index is 13.5. The molecule has 5 rings (SSSR count). The van der Waals surface area contributed by atoms with E-state index in [0.717, 1.165) is 22.9 Å². The van der Waals surface area contributed by atoms with Gasteiger partial charge >= 0.3 is 0 Å². The summed E-state index contributed by atoms with van der Waals surface area (Å²) in [6.07, 6.45) is 4.70. The summed E-state index contributed by atoms with van der Waals surface area (Å²) >= 11 is 6.55. The number of fused-ring (bicyclic) bond motifs is 1. The molecule has 34 heavy (non-hydrogen) atoms. The summed E-state index contributed by atoms with van der Waals surface area (Å²) < 4.78 is 13.3. The van der Waals surface area contributed by atoms with Gasteiger partial charge in [0, 0.05) is 6.20 Å². The van der Waals surface area contributed by atoms with Crippen LogP contribution in [0.4, 0.5) is 0 Å². The number of thiocarbonyl (C=S) groups is 1. The monoisotopic (exact) mass is 489 g/mol. The van der Waals surface area contributed by atoms with Crippen LogP contribution in [0.1, 0.15) is 22.5 Å². The lowest BCUT2D eigenvalue weighted by atomic mass is 10.2. The molecule has 1 aliphatic rings. The minimum absolute atomic E-state index is 0.130. The molecule has 0 spiro atoms. The molecule has 0 bridgehead atoms. The predicted molar refractivity (Wildman–Crippen MR) is 135 cm³/mol. The average molecular weight is 490 g/mol. The van der Waals surface area contributed by atoms with Gasteiger partial charge in [-0.3, -0.25) is 18.9 Å². The van der Waals surface area contributed by atoms with Crippen LogP contribution in [-0.4, -0.2) is 24.5 Å². The van der Waals surface area contributed by atoms with E-state index >= 15 is 0 Å². The van der Waals surface area contributed by atoms with Crippen LogP contribution in [0.25, 0.3) is 11.7 Å². The zero-order valence-corrected chi connectivity index (χ0v) is 20.0. The van der Waals surface area contributed by atoms with Gasteiger partial charge in [-0.2, -0.15) is 4.98 Å². The van der Waals surface area contributed by atoms with Crippen LogP contribution >= 0.6 is 24.0 Å². The lowest BCUT2D eigenvalue weighted by Crippen LogP contribution is -2.27. The number of benzene rings is 1. The largest absolute Gasteiger partial charge is 0.467 e. The molecule has 0 saturated carbocycles. The normalized spacial score (nSPS) is 15.0. The van der Waals surface area contributed by atoms with Crippen LogP contribution in [0.5, 0.6) is 11.6 Å². The fourth-order valence-electron chi connectivity index (χ4n) is 3.59. The molecular formula is C25H19N3O4S2. The molecule has 170 valence electrons. The minimum Gasteiger partial charge on any atom is -0.467 e. The number of ether oxygens (including phenoxy) is 1. The first kappa shape index (κ1) is 22.1. The van der Waals surface area contributed by atoms with Crippen molar-refractivity contribution < 1.29 is 13.9 Å². The molecule has 1 saturated heterocycles. The third-order valence-electron chi connectivity index (χ3n) is 5.39. The molecule has 7 nitrogen and oxygen atoms in total. The van der Waals surface area contributed by atoms with Crippen molar-refractivity contribution in [1.82, 2.24) is 14.3 Å². The second-order valence-corrected chi connectivity index (χ2v) is 9.41. The van der Waals surface area contributed by atoms with Gasteiger partial charge in [-0.1, -0.05) is 48.2 Å². The molecule has 0 radical (unpaired) electrons. The number of thioether (sulfide) groups is 1. The van der Waals surface area contributed by atoms with Crippen LogP contribution in [0.2, 0.25) is 0 Å². The quantitative estimate of drug-likeness (QED) is 0.285. The smallest absolute Gasteiger partial charge is 0.269 e. The molecule has 4 aromatic rings. The lowest BCUT2D eigenvalue weighted by molar-refractivity contribution is -0.122. The zero-order valence-electron chi connectivity index (χ0n) is 18.3. The number of aryl methyl sites for hydroxylation is 2. The van der Waals surface area contributed by atoms with E-state index in [9.17, 15) is 9.59 Å². The fourth-order valence-corrected chi connectivity index (χ4v) is 4.83. The number of hydrogen-bond donors (Lipinski definition) is 0. The first-order valence-electron chi connectivity index (χ1n) is 10.5. The number of pyridine rings is 1. The number of nitrogens with zero attached hydrogens (tertiary/aromatic N) is 3. The minimum atomic E-state index is -0.339. The Morgan fingerprint density at radius 1 is 1.09 bits per heavy atom. The highest BCUT2D eigenvalue weighted by Crippen LogP contribution is 2.35. The van der Waals surface area contributed by atoms with Gasteiger partial charge in [-0.25, -0.2) is 0 Å². The van der Waals surface area contributed by atoms with Crippen molar-refractivity contribution in [3.63, 3.8) is 0 Å². The summed E-state index contributed by atoms with van der Waals surface area (Å²) in [6.45, 7) is 4.00. The van der Waals surface area contributed by atoms with Gasteiger partial charge in [0.15, 0.2) is 0 Å². The predicted octanol–water partition coefficient (Wildman–Crippen LogP) is 5.10. The van der Waals surface area contributed by atoms with Crippen molar-refractivity contribution in [2.24, 2.45) is 0 Å². The SMILES string of the molecule is Cc1ccccc1Oc1nc2c(C)cccn2c(=O)c1/C=C1/SC(=S)N(Cc2ccco2)C1=O. The summed E-state index contributed by atoms with van der Waals surface area (Å²) in [5.41, 5.74) is 2.03. The summed E-state index contributed by atoms with van der Waals surface area (Å²) in [5.74, 6) is 1.02. The topological polar surface area (TPSA) is 77.1 Å². The number of aromatic nitrogens is 2.